The highest BCUT2D eigenvalue weighted by Crippen LogP contribution is 2.28. The number of hydrogen-bond acceptors (Lipinski definition) is 3. The third-order valence-electron chi connectivity index (χ3n) is 3.64. The molecule has 0 aliphatic rings. The van der Waals surface area contributed by atoms with Crippen molar-refractivity contribution in [2.45, 2.75) is 13.5 Å². The Bertz CT molecular complexity index is 968. The van der Waals surface area contributed by atoms with Crippen LogP contribution in [-0.4, -0.2) is 15.5 Å². The second-order valence-corrected chi connectivity index (χ2v) is 5.94. The molecule has 0 radical (unpaired) electrons. The van der Waals surface area contributed by atoms with E-state index in [0.29, 0.717) is 17.0 Å². The van der Waals surface area contributed by atoms with Crippen LogP contribution in [0.1, 0.15) is 16.2 Å². The summed E-state index contributed by atoms with van der Waals surface area (Å²) in [6.07, 6.45) is 0. The highest BCUT2D eigenvalue weighted by Gasteiger charge is 2.17. The molecule has 0 aliphatic carbocycles. The number of carbonyl (C=O) groups excluding carboxylic acids is 1. The van der Waals surface area contributed by atoms with Gasteiger partial charge in [0, 0.05) is 0 Å². The molecule has 3 rings (SSSR count). The van der Waals surface area contributed by atoms with Crippen molar-refractivity contribution in [3.8, 4) is 6.07 Å². The third-order valence-corrected chi connectivity index (χ3v) is 4.27. The van der Waals surface area contributed by atoms with Crippen LogP contribution in [0.15, 0.2) is 36.4 Å². The van der Waals surface area contributed by atoms with Crippen molar-refractivity contribution in [1.29, 1.82) is 5.26 Å². The largest absolute Gasteiger partial charge is 0.320 e. The zero-order valence-corrected chi connectivity index (χ0v) is 14.2. The van der Waals surface area contributed by atoms with Gasteiger partial charge in [0.05, 0.1) is 32.9 Å². The van der Waals surface area contributed by atoms with E-state index in [4.69, 9.17) is 28.5 Å². The molecule has 0 saturated carbocycles. The number of amides is 1. The van der Waals surface area contributed by atoms with Gasteiger partial charge < -0.3 is 9.88 Å². The molecule has 1 aromatic heterocycles. The molecule has 1 heterocycles. The molecule has 0 spiro atoms. The molecule has 3 aromatic rings. The van der Waals surface area contributed by atoms with Gasteiger partial charge in [-0.25, -0.2) is 4.98 Å². The molecule has 0 saturated heterocycles. The van der Waals surface area contributed by atoms with Crippen molar-refractivity contribution < 1.29 is 4.79 Å². The summed E-state index contributed by atoms with van der Waals surface area (Å²) in [4.78, 5) is 17.0. The van der Waals surface area contributed by atoms with Crippen LogP contribution in [0.2, 0.25) is 10.0 Å². The average Bonchev–Trinajstić information content (AvgIpc) is 2.85. The summed E-state index contributed by atoms with van der Waals surface area (Å²) >= 11 is 12.2. The molecule has 120 valence electrons. The standard InChI is InChI=1S/C17H12Cl2N4O/c1-10-21-16-13(6-3-7-14(16)23(10)9-8-20)22-17(24)15-11(18)4-2-5-12(15)19/h2-7H,9H2,1H3,(H,22,24). The summed E-state index contributed by atoms with van der Waals surface area (Å²) in [5.41, 5.74) is 2.14. The number of aryl methyl sites for hydroxylation is 1. The van der Waals surface area contributed by atoms with Crippen molar-refractivity contribution in [2.24, 2.45) is 0 Å². The van der Waals surface area contributed by atoms with Crippen LogP contribution in [0.4, 0.5) is 5.69 Å². The number of imidazole rings is 1. The van der Waals surface area contributed by atoms with Crippen LogP contribution in [0.5, 0.6) is 0 Å². The highest BCUT2D eigenvalue weighted by atomic mass is 35.5. The number of carbonyl (C=O) groups is 1. The number of para-hydroxylation sites is 1. The summed E-state index contributed by atoms with van der Waals surface area (Å²) in [5.74, 6) is 0.287. The van der Waals surface area contributed by atoms with E-state index in [-0.39, 0.29) is 22.2 Å². The van der Waals surface area contributed by atoms with Crippen LogP contribution < -0.4 is 5.32 Å². The summed E-state index contributed by atoms with van der Waals surface area (Å²) in [7, 11) is 0. The minimum Gasteiger partial charge on any atom is -0.320 e. The Hall–Kier alpha value is -2.55. The second kappa shape index (κ2) is 6.52. The van der Waals surface area contributed by atoms with Gasteiger partial charge in [-0.05, 0) is 31.2 Å². The highest BCUT2D eigenvalue weighted by molar-refractivity contribution is 6.40. The smallest absolute Gasteiger partial charge is 0.258 e. The van der Waals surface area contributed by atoms with E-state index in [2.05, 4.69) is 16.4 Å². The molecular weight excluding hydrogens is 347 g/mol. The molecule has 0 atom stereocenters. The maximum Gasteiger partial charge on any atom is 0.258 e. The normalized spacial score (nSPS) is 10.6. The fraction of sp³-hybridized carbons (Fsp3) is 0.118. The fourth-order valence-corrected chi connectivity index (χ4v) is 3.10. The maximum atomic E-state index is 12.5. The minimum absolute atomic E-state index is 0.191. The van der Waals surface area contributed by atoms with Crippen molar-refractivity contribution in [1.82, 2.24) is 9.55 Å². The number of anilines is 1. The van der Waals surface area contributed by atoms with Gasteiger partial charge in [0.15, 0.2) is 0 Å². The van der Waals surface area contributed by atoms with E-state index >= 15 is 0 Å². The lowest BCUT2D eigenvalue weighted by Crippen LogP contribution is -2.13. The molecule has 0 unspecified atom stereocenters. The number of nitrogens with one attached hydrogen (secondary N) is 1. The topological polar surface area (TPSA) is 70.7 Å². The van der Waals surface area contributed by atoms with Gasteiger partial charge in [-0.15, -0.1) is 0 Å². The van der Waals surface area contributed by atoms with Gasteiger partial charge >= 0.3 is 0 Å². The first-order valence-electron chi connectivity index (χ1n) is 7.11. The van der Waals surface area contributed by atoms with Gasteiger partial charge in [0.25, 0.3) is 5.91 Å². The number of rotatable bonds is 3. The molecule has 0 bridgehead atoms. The molecule has 7 heteroatoms. The summed E-state index contributed by atoms with van der Waals surface area (Å²) in [6, 6.07) is 12.4. The first-order chi connectivity index (χ1) is 11.5. The van der Waals surface area contributed by atoms with E-state index in [0.717, 1.165) is 5.52 Å². The van der Waals surface area contributed by atoms with E-state index in [9.17, 15) is 4.79 Å². The molecule has 0 fully saturated rings. The summed E-state index contributed by atoms with van der Waals surface area (Å²) < 4.78 is 1.79. The first kappa shape index (κ1) is 16.3. The van der Waals surface area contributed by atoms with Gasteiger partial charge in [-0.1, -0.05) is 35.3 Å². The quantitative estimate of drug-likeness (QED) is 0.752. The molecule has 24 heavy (non-hydrogen) atoms. The van der Waals surface area contributed by atoms with E-state index in [1.54, 1.807) is 34.9 Å². The lowest BCUT2D eigenvalue weighted by atomic mass is 10.2. The van der Waals surface area contributed by atoms with Crippen LogP contribution in [0, 0.1) is 18.3 Å². The molecule has 0 aliphatic heterocycles. The minimum atomic E-state index is -0.411. The predicted octanol–water partition coefficient (Wildman–Crippen LogP) is 4.43. The molecule has 5 nitrogen and oxygen atoms in total. The number of benzene rings is 2. The fourth-order valence-electron chi connectivity index (χ4n) is 2.53. The van der Waals surface area contributed by atoms with E-state index < -0.39 is 5.91 Å². The van der Waals surface area contributed by atoms with Crippen molar-refractivity contribution >= 4 is 45.8 Å². The number of halogens is 2. The lowest BCUT2D eigenvalue weighted by Gasteiger charge is -2.09. The Balaban J connectivity index is 2.04. The number of fused-ring (bicyclic) bond motifs is 1. The molecule has 1 amide bonds. The predicted molar refractivity (Wildman–Crippen MR) is 94.5 cm³/mol. The Morgan fingerprint density at radius 2 is 1.92 bits per heavy atom. The Morgan fingerprint density at radius 1 is 1.25 bits per heavy atom. The molecular formula is C17H12Cl2N4O. The van der Waals surface area contributed by atoms with Gasteiger partial charge in [0.1, 0.15) is 17.9 Å². The molecule has 2 aromatic carbocycles. The van der Waals surface area contributed by atoms with Gasteiger partial charge in [0.2, 0.25) is 0 Å². The average molecular weight is 359 g/mol. The van der Waals surface area contributed by atoms with Crippen LogP contribution >= 0.6 is 23.2 Å². The Labute approximate surface area is 148 Å². The monoisotopic (exact) mass is 358 g/mol. The Kier molecular flexibility index (Phi) is 4.43. The second-order valence-electron chi connectivity index (χ2n) is 5.13. The number of nitrogens with zero attached hydrogens (tertiary/aromatic N) is 3. The van der Waals surface area contributed by atoms with Crippen LogP contribution in [0.25, 0.3) is 11.0 Å². The zero-order chi connectivity index (χ0) is 17.3. The Morgan fingerprint density at radius 3 is 2.58 bits per heavy atom. The number of aromatic nitrogens is 2. The van der Waals surface area contributed by atoms with E-state index in [1.807, 2.05) is 13.0 Å². The third kappa shape index (κ3) is 2.82. The van der Waals surface area contributed by atoms with Gasteiger partial charge in [-0.2, -0.15) is 5.26 Å². The summed E-state index contributed by atoms with van der Waals surface area (Å²) in [6.45, 7) is 2.00. The first-order valence-corrected chi connectivity index (χ1v) is 7.86. The number of hydrogen-bond donors (Lipinski definition) is 1. The van der Waals surface area contributed by atoms with Crippen molar-refractivity contribution in [3.05, 3.63) is 57.8 Å². The van der Waals surface area contributed by atoms with Crippen LogP contribution in [-0.2, 0) is 6.54 Å². The lowest BCUT2D eigenvalue weighted by molar-refractivity contribution is 0.102. The summed E-state index contributed by atoms with van der Waals surface area (Å²) in [5, 5.41) is 12.3. The SMILES string of the molecule is Cc1nc2c(NC(=O)c3c(Cl)cccc3Cl)cccc2n1CC#N. The zero-order valence-electron chi connectivity index (χ0n) is 12.7. The van der Waals surface area contributed by atoms with Gasteiger partial charge in [-0.3, -0.25) is 4.79 Å². The maximum absolute atomic E-state index is 12.5. The van der Waals surface area contributed by atoms with Crippen LogP contribution in [0.3, 0.4) is 0 Å². The van der Waals surface area contributed by atoms with Crippen molar-refractivity contribution in [3.63, 3.8) is 0 Å². The number of nitriles is 1. The van der Waals surface area contributed by atoms with Crippen molar-refractivity contribution in [2.75, 3.05) is 5.32 Å². The molecule has 1 N–H and O–H groups in total. The van der Waals surface area contributed by atoms with E-state index in [1.165, 1.54) is 0 Å².